The average Bonchev–Trinajstić information content (AvgIpc) is 2.77. The van der Waals surface area contributed by atoms with E-state index in [0.29, 0.717) is 18.9 Å². The van der Waals surface area contributed by atoms with Crippen LogP contribution in [-0.4, -0.2) is 65.4 Å². The molecule has 2 aromatic rings. The summed E-state index contributed by atoms with van der Waals surface area (Å²) >= 11 is 0. The van der Waals surface area contributed by atoms with E-state index in [2.05, 4.69) is 20.5 Å². The number of benzene rings is 1. The van der Waals surface area contributed by atoms with Gasteiger partial charge in [0.05, 0.1) is 19.8 Å². The molecule has 1 aromatic heterocycles. The molecule has 31 heavy (non-hydrogen) atoms. The monoisotopic (exact) mass is 431 g/mol. The van der Waals surface area contributed by atoms with Crippen LogP contribution in [0.3, 0.4) is 0 Å². The Labute approximate surface area is 177 Å². The second-order valence-corrected chi connectivity index (χ2v) is 7.14. The quantitative estimate of drug-likeness (QED) is 0.431. The fraction of sp³-hybridized carbons (Fsp3) is 0.400. The maximum Gasteiger partial charge on any atom is 0.328 e. The minimum absolute atomic E-state index is 0.268. The van der Waals surface area contributed by atoms with Crippen molar-refractivity contribution in [1.82, 2.24) is 14.9 Å². The SMILES string of the molecule is Cc1cn(CC(=O)N[C@@H](CO)C(=O)Nc2ccc(N3CCOCC3)cc2)c(=O)[nH]c1=O. The van der Waals surface area contributed by atoms with Gasteiger partial charge in [0, 0.05) is 36.2 Å². The van der Waals surface area contributed by atoms with E-state index in [9.17, 15) is 24.3 Å². The highest BCUT2D eigenvalue weighted by molar-refractivity contribution is 5.97. The summed E-state index contributed by atoms with van der Waals surface area (Å²) in [5.74, 6) is -1.26. The van der Waals surface area contributed by atoms with Gasteiger partial charge < -0.3 is 25.4 Å². The van der Waals surface area contributed by atoms with Crippen LogP contribution in [0.4, 0.5) is 11.4 Å². The van der Waals surface area contributed by atoms with Gasteiger partial charge >= 0.3 is 5.69 Å². The number of aliphatic hydroxyl groups excluding tert-OH is 1. The summed E-state index contributed by atoms with van der Waals surface area (Å²) in [6, 6.07) is 6.02. The molecule has 0 bridgehead atoms. The van der Waals surface area contributed by atoms with Gasteiger partial charge in [-0.2, -0.15) is 0 Å². The van der Waals surface area contributed by atoms with Crippen LogP contribution < -0.4 is 26.8 Å². The fourth-order valence-corrected chi connectivity index (χ4v) is 3.13. The van der Waals surface area contributed by atoms with Crippen LogP contribution in [0.15, 0.2) is 40.1 Å². The molecule has 1 saturated heterocycles. The number of hydrogen-bond donors (Lipinski definition) is 4. The van der Waals surface area contributed by atoms with Crippen molar-refractivity contribution in [3.05, 3.63) is 56.9 Å². The van der Waals surface area contributed by atoms with Crippen LogP contribution in [0, 0.1) is 6.92 Å². The lowest BCUT2D eigenvalue weighted by Gasteiger charge is -2.29. The molecule has 1 fully saturated rings. The highest BCUT2D eigenvalue weighted by atomic mass is 16.5. The number of nitrogens with zero attached hydrogens (tertiary/aromatic N) is 2. The van der Waals surface area contributed by atoms with Gasteiger partial charge in [-0.15, -0.1) is 0 Å². The lowest BCUT2D eigenvalue weighted by molar-refractivity contribution is -0.127. The molecular formula is C20H25N5O6. The molecule has 0 unspecified atom stereocenters. The van der Waals surface area contributed by atoms with Gasteiger partial charge in [-0.25, -0.2) is 4.79 Å². The van der Waals surface area contributed by atoms with E-state index in [1.54, 1.807) is 12.1 Å². The van der Waals surface area contributed by atoms with Crippen molar-refractivity contribution < 1.29 is 19.4 Å². The summed E-state index contributed by atoms with van der Waals surface area (Å²) in [5, 5.41) is 14.6. The molecule has 11 nitrogen and oxygen atoms in total. The van der Waals surface area contributed by atoms with Crippen molar-refractivity contribution in [1.29, 1.82) is 0 Å². The first-order valence-electron chi connectivity index (χ1n) is 9.81. The number of morpholine rings is 1. The van der Waals surface area contributed by atoms with Crippen LogP contribution in [-0.2, 0) is 20.9 Å². The number of carbonyl (C=O) groups is 2. The number of aryl methyl sites for hydroxylation is 1. The van der Waals surface area contributed by atoms with Gasteiger partial charge in [0.1, 0.15) is 12.6 Å². The highest BCUT2D eigenvalue weighted by Crippen LogP contribution is 2.19. The number of aliphatic hydroxyl groups is 1. The van der Waals surface area contributed by atoms with Crippen LogP contribution in [0.5, 0.6) is 0 Å². The van der Waals surface area contributed by atoms with Crippen LogP contribution >= 0.6 is 0 Å². The smallest absolute Gasteiger partial charge is 0.328 e. The third kappa shape index (κ3) is 5.80. The zero-order valence-electron chi connectivity index (χ0n) is 17.1. The summed E-state index contributed by atoms with van der Waals surface area (Å²) in [5.41, 5.74) is 0.520. The first kappa shape index (κ1) is 22.2. The third-order valence-electron chi connectivity index (χ3n) is 4.85. The summed E-state index contributed by atoms with van der Waals surface area (Å²) < 4.78 is 6.35. The molecule has 0 radical (unpaired) electrons. The van der Waals surface area contributed by atoms with Crippen molar-refractivity contribution in [3.8, 4) is 0 Å². The lowest BCUT2D eigenvalue weighted by atomic mass is 10.2. The molecular weight excluding hydrogens is 406 g/mol. The van der Waals surface area contributed by atoms with Gasteiger partial charge in [0.15, 0.2) is 0 Å². The normalized spacial score (nSPS) is 14.7. The average molecular weight is 431 g/mol. The van der Waals surface area contributed by atoms with Gasteiger partial charge in [0.2, 0.25) is 11.8 Å². The largest absolute Gasteiger partial charge is 0.394 e. The van der Waals surface area contributed by atoms with E-state index in [1.807, 2.05) is 12.1 Å². The Morgan fingerprint density at radius 3 is 2.52 bits per heavy atom. The summed E-state index contributed by atoms with van der Waals surface area (Å²) in [6.45, 7) is 3.39. The Bertz CT molecular complexity index is 1040. The maximum absolute atomic E-state index is 12.5. The number of hydrogen-bond acceptors (Lipinski definition) is 7. The van der Waals surface area contributed by atoms with Crippen molar-refractivity contribution in [2.45, 2.75) is 19.5 Å². The first-order valence-corrected chi connectivity index (χ1v) is 9.81. The first-order chi connectivity index (χ1) is 14.9. The number of ether oxygens (including phenoxy) is 1. The molecule has 1 aliphatic rings. The maximum atomic E-state index is 12.5. The van der Waals surface area contributed by atoms with E-state index >= 15 is 0 Å². The van der Waals surface area contributed by atoms with Crippen LogP contribution in [0.25, 0.3) is 0 Å². The second-order valence-electron chi connectivity index (χ2n) is 7.14. The van der Waals surface area contributed by atoms with Gasteiger partial charge in [0.25, 0.3) is 5.56 Å². The number of amides is 2. The van der Waals surface area contributed by atoms with Crippen molar-refractivity contribution in [2.75, 3.05) is 43.1 Å². The number of rotatable bonds is 7. The number of carbonyl (C=O) groups excluding carboxylic acids is 2. The Morgan fingerprint density at radius 1 is 1.19 bits per heavy atom. The molecule has 2 amide bonds. The molecule has 1 atom stereocenters. The Morgan fingerprint density at radius 2 is 1.87 bits per heavy atom. The molecule has 2 heterocycles. The molecule has 0 spiro atoms. The molecule has 1 aliphatic heterocycles. The predicted octanol–water partition coefficient (Wildman–Crippen LogP) is -1.20. The molecule has 166 valence electrons. The number of aromatic nitrogens is 2. The third-order valence-corrected chi connectivity index (χ3v) is 4.85. The molecule has 4 N–H and O–H groups in total. The standard InChI is InChI=1S/C20H25N5O6/c1-13-10-25(20(30)23-18(13)28)11-17(27)22-16(12-26)19(29)21-14-2-4-15(5-3-14)24-6-8-31-9-7-24/h2-5,10,16,26H,6-9,11-12H2,1H3,(H,21,29)(H,22,27)(H,23,28,30)/t16-/m0/s1. The molecule has 0 saturated carbocycles. The van der Waals surface area contributed by atoms with E-state index in [0.717, 1.165) is 23.3 Å². The second kappa shape index (κ2) is 10.0. The molecule has 3 rings (SSSR count). The summed E-state index contributed by atoms with van der Waals surface area (Å²) in [4.78, 5) is 52.2. The number of anilines is 2. The van der Waals surface area contributed by atoms with Crippen molar-refractivity contribution in [3.63, 3.8) is 0 Å². The minimum atomic E-state index is -1.20. The minimum Gasteiger partial charge on any atom is -0.394 e. The van der Waals surface area contributed by atoms with Crippen molar-refractivity contribution >= 4 is 23.2 Å². The summed E-state index contributed by atoms with van der Waals surface area (Å²) in [7, 11) is 0. The van der Waals surface area contributed by atoms with E-state index < -0.39 is 42.3 Å². The van der Waals surface area contributed by atoms with Crippen LogP contribution in [0.2, 0.25) is 0 Å². The van der Waals surface area contributed by atoms with E-state index in [4.69, 9.17) is 4.74 Å². The Balaban J connectivity index is 1.58. The van der Waals surface area contributed by atoms with Gasteiger partial charge in [-0.3, -0.25) is 23.9 Å². The number of nitrogens with one attached hydrogen (secondary N) is 3. The van der Waals surface area contributed by atoms with Gasteiger partial charge in [-0.1, -0.05) is 0 Å². The molecule has 1 aromatic carbocycles. The fourth-order valence-electron chi connectivity index (χ4n) is 3.13. The lowest BCUT2D eigenvalue weighted by Crippen LogP contribution is -2.48. The summed E-state index contributed by atoms with van der Waals surface area (Å²) in [6.07, 6.45) is 1.25. The van der Waals surface area contributed by atoms with E-state index in [1.165, 1.54) is 13.1 Å². The van der Waals surface area contributed by atoms with Crippen LogP contribution in [0.1, 0.15) is 5.56 Å². The highest BCUT2D eigenvalue weighted by Gasteiger charge is 2.21. The zero-order valence-corrected chi connectivity index (χ0v) is 17.1. The van der Waals surface area contributed by atoms with Gasteiger partial charge in [-0.05, 0) is 31.2 Å². The van der Waals surface area contributed by atoms with E-state index in [-0.39, 0.29) is 5.56 Å². The number of aromatic amines is 1. The molecule has 0 aliphatic carbocycles. The molecule has 11 heteroatoms. The Hall–Kier alpha value is -3.44. The topological polar surface area (TPSA) is 146 Å². The predicted molar refractivity (Wildman–Crippen MR) is 113 cm³/mol. The zero-order chi connectivity index (χ0) is 22.4. The number of H-pyrrole nitrogens is 1. The van der Waals surface area contributed by atoms with Crippen molar-refractivity contribution in [2.24, 2.45) is 0 Å². The Kier molecular flexibility index (Phi) is 7.21.